The highest BCUT2D eigenvalue weighted by molar-refractivity contribution is 4.88. The van der Waals surface area contributed by atoms with Crippen LogP contribution in [-0.2, 0) is 4.74 Å². The quantitative estimate of drug-likeness (QED) is 0.417. The monoisotopic (exact) mass is 254 g/mol. The van der Waals surface area contributed by atoms with Crippen LogP contribution in [0.2, 0.25) is 0 Å². The van der Waals surface area contributed by atoms with Crippen LogP contribution in [0.5, 0.6) is 0 Å². The predicted molar refractivity (Wildman–Crippen MR) is 86.1 cm³/mol. The maximum Gasteiger partial charge on any atom is 0.0781 e. The highest BCUT2D eigenvalue weighted by Gasteiger charge is 2.13. The number of hydrogen-bond acceptors (Lipinski definition) is 1. The van der Waals surface area contributed by atoms with Crippen LogP contribution in [-0.4, -0.2) is 12.7 Å². The van der Waals surface area contributed by atoms with Gasteiger partial charge in [0.2, 0.25) is 0 Å². The number of epoxide rings is 1. The molecule has 1 nitrogen and oxygen atoms in total. The Kier molecular flexibility index (Phi) is 26.7. The SMILES string of the molecule is CC1CO1.CC=C(C)C.CC=CC.CC=CCC. The molecule has 0 N–H and O–H groups in total. The van der Waals surface area contributed by atoms with Crippen molar-refractivity contribution in [1.29, 1.82) is 0 Å². The zero-order valence-electron chi connectivity index (χ0n) is 13.8. The Morgan fingerprint density at radius 1 is 1.06 bits per heavy atom. The molecule has 0 radical (unpaired) electrons. The minimum absolute atomic E-state index is 0.583. The van der Waals surface area contributed by atoms with Gasteiger partial charge in [-0.15, -0.1) is 0 Å². The summed E-state index contributed by atoms with van der Waals surface area (Å²) >= 11 is 0. The van der Waals surface area contributed by atoms with Gasteiger partial charge in [-0.2, -0.15) is 0 Å². The van der Waals surface area contributed by atoms with Crippen molar-refractivity contribution in [3.05, 3.63) is 36.0 Å². The molecule has 1 aliphatic heterocycles. The van der Waals surface area contributed by atoms with Gasteiger partial charge in [0.1, 0.15) is 0 Å². The second-order valence-corrected chi connectivity index (χ2v) is 4.15. The van der Waals surface area contributed by atoms with Gasteiger partial charge in [0.15, 0.2) is 0 Å². The second kappa shape index (κ2) is 21.5. The van der Waals surface area contributed by atoms with Crippen LogP contribution in [0.15, 0.2) is 36.0 Å². The molecule has 0 aromatic rings. The first-order chi connectivity index (χ1) is 8.49. The van der Waals surface area contributed by atoms with Crippen molar-refractivity contribution in [2.75, 3.05) is 6.61 Å². The second-order valence-electron chi connectivity index (χ2n) is 4.15. The average molecular weight is 254 g/mol. The van der Waals surface area contributed by atoms with Gasteiger partial charge in [0, 0.05) is 0 Å². The van der Waals surface area contributed by atoms with Crippen molar-refractivity contribution in [1.82, 2.24) is 0 Å². The Bertz CT molecular complexity index is 200. The fourth-order valence-electron chi connectivity index (χ4n) is 0.332. The molecule has 1 atom stereocenters. The molecule has 0 bridgehead atoms. The van der Waals surface area contributed by atoms with Crippen molar-refractivity contribution in [2.24, 2.45) is 0 Å². The molecule has 0 aliphatic carbocycles. The van der Waals surface area contributed by atoms with Crippen LogP contribution in [0.1, 0.15) is 61.8 Å². The molecule has 0 aromatic carbocycles. The molecule has 0 spiro atoms. The third kappa shape index (κ3) is 59.2. The molecule has 108 valence electrons. The zero-order valence-corrected chi connectivity index (χ0v) is 13.8. The Labute approximate surface area is 116 Å². The first-order valence-corrected chi connectivity index (χ1v) is 6.89. The summed E-state index contributed by atoms with van der Waals surface area (Å²) in [5, 5.41) is 0. The molecule has 1 rings (SSSR count). The zero-order chi connectivity index (χ0) is 14.8. The first kappa shape index (κ1) is 22.4. The Balaban J connectivity index is -0.000000167. The Morgan fingerprint density at radius 3 is 1.39 bits per heavy atom. The van der Waals surface area contributed by atoms with Crippen molar-refractivity contribution in [2.45, 2.75) is 67.9 Å². The minimum atomic E-state index is 0.583. The van der Waals surface area contributed by atoms with Gasteiger partial charge in [-0.3, -0.25) is 0 Å². The summed E-state index contributed by atoms with van der Waals surface area (Å²) in [7, 11) is 0. The molecule has 1 unspecified atom stereocenters. The summed E-state index contributed by atoms with van der Waals surface area (Å²) in [6.07, 6.45) is 12.0. The number of allylic oxidation sites excluding steroid dienone is 6. The van der Waals surface area contributed by atoms with E-state index in [0.29, 0.717) is 6.10 Å². The highest BCUT2D eigenvalue weighted by Crippen LogP contribution is 2.04. The van der Waals surface area contributed by atoms with E-state index < -0.39 is 0 Å². The van der Waals surface area contributed by atoms with E-state index in [0.717, 1.165) is 13.0 Å². The van der Waals surface area contributed by atoms with E-state index >= 15 is 0 Å². The molecule has 1 fully saturated rings. The van der Waals surface area contributed by atoms with E-state index in [9.17, 15) is 0 Å². The smallest absolute Gasteiger partial charge is 0.0781 e. The summed E-state index contributed by atoms with van der Waals surface area (Å²) < 4.78 is 4.71. The van der Waals surface area contributed by atoms with E-state index in [1.807, 2.05) is 39.8 Å². The van der Waals surface area contributed by atoms with Gasteiger partial charge in [0.25, 0.3) is 0 Å². The fraction of sp³-hybridized carbons (Fsp3) is 0.647. The molecule has 0 saturated carbocycles. The Hall–Kier alpha value is -0.820. The maximum atomic E-state index is 4.71. The molecular formula is C17H34O. The van der Waals surface area contributed by atoms with E-state index in [-0.39, 0.29) is 0 Å². The van der Waals surface area contributed by atoms with Crippen molar-refractivity contribution < 1.29 is 4.74 Å². The van der Waals surface area contributed by atoms with Crippen molar-refractivity contribution in [3.63, 3.8) is 0 Å². The van der Waals surface area contributed by atoms with Crippen LogP contribution in [0.25, 0.3) is 0 Å². The van der Waals surface area contributed by atoms with E-state index in [1.165, 1.54) is 5.57 Å². The van der Waals surface area contributed by atoms with Crippen LogP contribution in [0, 0.1) is 0 Å². The lowest BCUT2D eigenvalue weighted by Crippen LogP contribution is -1.60. The minimum Gasteiger partial charge on any atom is -0.373 e. The third-order valence-electron chi connectivity index (χ3n) is 1.88. The average Bonchev–Trinajstić information content (AvgIpc) is 3.14. The molecule has 18 heavy (non-hydrogen) atoms. The van der Waals surface area contributed by atoms with E-state index in [4.69, 9.17) is 4.74 Å². The van der Waals surface area contributed by atoms with Gasteiger partial charge >= 0.3 is 0 Å². The Morgan fingerprint density at radius 2 is 1.39 bits per heavy atom. The largest absolute Gasteiger partial charge is 0.373 e. The molecule has 1 heteroatoms. The molecule has 0 aromatic heterocycles. The van der Waals surface area contributed by atoms with Gasteiger partial charge in [-0.25, -0.2) is 0 Å². The normalized spacial score (nSPS) is 15.7. The van der Waals surface area contributed by atoms with Crippen LogP contribution in [0.3, 0.4) is 0 Å². The summed E-state index contributed by atoms with van der Waals surface area (Å²) in [6.45, 7) is 17.4. The molecule has 1 aliphatic rings. The van der Waals surface area contributed by atoms with Gasteiger partial charge in [-0.05, 0) is 54.9 Å². The van der Waals surface area contributed by atoms with Crippen LogP contribution in [0.4, 0.5) is 0 Å². The molecule has 0 amide bonds. The van der Waals surface area contributed by atoms with E-state index in [1.54, 1.807) is 0 Å². The molecular weight excluding hydrogens is 220 g/mol. The lowest BCUT2D eigenvalue weighted by molar-refractivity contribution is 0.423. The third-order valence-corrected chi connectivity index (χ3v) is 1.88. The standard InChI is InChI=1S/2C5H10.C4H8.C3H6O/c1-4-5(2)3;1-3-5-4-2;1-3-4-2;1-3-2-4-3/h4H,1-3H3;3,5H,4H2,1-2H3;3-4H,1-2H3;3H,2H2,1H3. The lowest BCUT2D eigenvalue weighted by atomic mass is 10.3. The number of ether oxygens (including phenoxy) is 1. The molecule has 1 heterocycles. The van der Waals surface area contributed by atoms with E-state index in [2.05, 4.69) is 45.9 Å². The highest BCUT2D eigenvalue weighted by atomic mass is 16.6. The van der Waals surface area contributed by atoms with Crippen LogP contribution < -0.4 is 0 Å². The van der Waals surface area contributed by atoms with Crippen LogP contribution >= 0.6 is 0 Å². The van der Waals surface area contributed by atoms with Gasteiger partial charge < -0.3 is 4.74 Å². The summed E-state index contributed by atoms with van der Waals surface area (Å²) in [5.74, 6) is 0. The van der Waals surface area contributed by atoms with Crippen molar-refractivity contribution >= 4 is 0 Å². The summed E-state index contributed by atoms with van der Waals surface area (Å²) in [5.41, 5.74) is 1.38. The van der Waals surface area contributed by atoms with Crippen molar-refractivity contribution in [3.8, 4) is 0 Å². The summed E-state index contributed by atoms with van der Waals surface area (Å²) in [6, 6.07) is 0. The lowest BCUT2D eigenvalue weighted by Gasteiger charge is -1.74. The predicted octanol–water partition coefficient (Wildman–Crippen LogP) is 5.93. The first-order valence-electron chi connectivity index (χ1n) is 6.89. The maximum absolute atomic E-state index is 4.71. The topological polar surface area (TPSA) is 12.5 Å². The molecule has 1 saturated heterocycles. The van der Waals surface area contributed by atoms with Gasteiger partial charge in [-0.1, -0.05) is 42.9 Å². The summed E-state index contributed by atoms with van der Waals surface area (Å²) in [4.78, 5) is 0. The number of rotatable bonds is 1. The van der Waals surface area contributed by atoms with Gasteiger partial charge in [0.05, 0.1) is 12.7 Å². The fourth-order valence-corrected chi connectivity index (χ4v) is 0.332. The number of hydrogen-bond donors (Lipinski definition) is 0.